The van der Waals surface area contributed by atoms with Gasteiger partial charge in [0.25, 0.3) is 5.91 Å². The van der Waals surface area contributed by atoms with Crippen LogP contribution < -0.4 is 16.0 Å². The summed E-state index contributed by atoms with van der Waals surface area (Å²) in [6.45, 7) is 2.74. The van der Waals surface area contributed by atoms with Crippen molar-refractivity contribution >= 4 is 47.4 Å². The van der Waals surface area contributed by atoms with E-state index in [1.54, 1.807) is 14.1 Å². The molecule has 7 heteroatoms. The first-order chi connectivity index (χ1) is 12.5. The van der Waals surface area contributed by atoms with Crippen molar-refractivity contribution in [3.63, 3.8) is 0 Å². The van der Waals surface area contributed by atoms with E-state index in [9.17, 15) is 4.79 Å². The van der Waals surface area contributed by atoms with Crippen molar-refractivity contribution in [2.45, 2.75) is 19.4 Å². The number of amides is 1. The topological polar surface area (TPSA) is 65.5 Å². The summed E-state index contributed by atoms with van der Waals surface area (Å²) in [5.41, 5.74) is 2.78. The van der Waals surface area contributed by atoms with Gasteiger partial charge in [0.1, 0.15) is 0 Å². The smallest absolute Gasteiger partial charge is 0.251 e. The Morgan fingerprint density at radius 3 is 2.59 bits per heavy atom. The van der Waals surface area contributed by atoms with Crippen LogP contribution in [0.1, 0.15) is 34.5 Å². The summed E-state index contributed by atoms with van der Waals surface area (Å²) in [7, 11) is 3.37. The van der Waals surface area contributed by atoms with Crippen LogP contribution in [0.15, 0.2) is 53.5 Å². The molecule has 0 saturated carbocycles. The Kier molecular flexibility index (Phi) is 10.2. The van der Waals surface area contributed by atoms with E-state index in [0.717, 1.165) is 22.6 Å². The molecule has 5 nitrogen and oxygen atoms in total. The van der Waals surface area contributed by atoms with Gasteiger partial charge in [-0.3, -0.25) is 9.79 Å². The zero-order valence-electron chi connectivity index (χ0n) is 15.8. The number of hydrogen-bond donors (Lipinski definition) is 3. The van der Waals surface area contributed by atoms with E-state index in [1.165, 1.54) is 0 Å². The molecule has 1 atom stereocenters. The summed E-state index contributed by atoms with van der Waals surface area (Å²) in [4.78, 5) is 16.0. The van der Waals surface area contributed by atoms with Crippen LogP contribution in [-0.2, 0) is 6.42 Å². The summed E-state index contributed by atoms with van der Waals surface area (Å²) in [6.07, 6.45) is 0.784. The number of rotatable bonds is 6. The highest BCUT2D eigenvalue weighted by Crippen LogP contribution is 2.21. The lowest BCUT2D eigenvalue weighted by molar-refractivity contribution is 0.0963. The minimum Gasteiger partial charge on any atom is -0.356 e. The molecule has 0 saturated heterocycles. The molecule has 2 rings (SSSR count). The average Bonchev–Trinajstić information content (AvgIpc) is 2.67. The van der Waals surface area contributed by atoms with Gasteiger partial charge in [-0.15, -0.1) is 24.0 Å². The molecule has 0 bridgehead atoms. The minimum absolute atomic E-state index is 0. The van der Waals surface area contributed by atoms with Crippen LogP contribution in [0.3, 0.4) is 0 Å². The molecule has 2 aromatic rings. The highest BCUT2D eigenvalue weighted by molar-refractivity contribution is 14.0. The molecule has 0 heterocycles. The van der Waals surface area contributed by atoms with E-state index < -0.39 is 0 Å². The molecule has 0 radical (unpaired) electrons. The van der Waals surface area contributed by atoms with E-state index in [0.29, 0.717) is 18.1 Å². The van der Waals surface area contributed by atoms with Crippen molar-refractivity contribution in [1.82, 2.24) is 16.0 Å². The van der Waals surface area contributed by atoms with E-state index in [-0.39, 0.29) is 35.9 Å². The number of nitrogens with one attached hydrogen (secondary N) is 3. The van der Waals surface area contributed by atoms with Gasteiger partial charge >= 0.3 is 0 Å². The lowest BCUT2D eigenvalue weighted by Crippen LogP contribution is -2.39. The molecule has 27 heavy (non-hydrogen) atoms. The fourth-order valence-electron chi connectivity index (χ4n) is 2.64. The second kappa shape index (κ2) is 11.8. The van der Waals surface area contributed by atoms with Crippen molar-refractivity contribution in [2.24, 2.45) is 4.99 Å². The third kappa shape index (κ3) is 7.03. The molecule has 0 fully saturated rings. The molecule has 0 aliphatic heterocycles. The number of halogens is 2. The van der Waals surface area contributed by atoms with Crippen molar-refractivity contribution in [2.75, 3.05) is 20.6 Å². The predicted molar refractivity (Wildman–Crippen MR) is 123 cm³/mol. The second-order valence-electron chi connectivity index (χ2n) is 5.92. The highest BCUT2D eigenvalue weighted by Gasteiger charge is 2.10. The van der Waals surface area contributed by atoms with Crippen LogP contribution in [0, 0.1) is 0 Å². The Morgan fingerprint density at radius 1 is 1.19 bits per heavy atom. The van der Waals surface area contributed by atoms with E-state index >= 15 is 0 Å². The summed E-state index contributed by atoms with van der Waals surface area (Å²) in [5, 5.41) is 10.0. The summed E-state index contributed by atoms with van der Waals surface area (Å²) >= 11 is 6.25. The largest absolute Gasteiger partial charge is 0.356 e. The normalized spacial score (nSPS) is 11.9. The fraction of sp³-hybridized carbons (Fsp3) is 0.300. The van der Waals surface area contributed by atoms with Gasteiger partial charge < -0.3 is 16.0 Å². The molecule has 2 aromatic carbocycles. The standard InChI is InChI=1S/C20H25ClN4O.HI/c1-14(17-9-4-5-10-18(17)21)25-20(23-3)24-12-11-15-7-6-8-16(13-15)19(26)22-2;/h4-10,13-14H,11-12H2,1-3H3,(H,22,26)(H2,23,24,25);1H. The number of carbonyl (C=O) groups is 1. The van der Waals surface area contributed by atoms with Gasteiger partial charge in [0.15, 0.2) is 5.96 Å². The quantitative estimate of drug-likeness (QED) is 0.321. The first kappa shape index (κ1) is 23.2. The maximum Gasteiger partial charge on any atom is 0.251 e. The number of nitrogens with zero attached hydrogens (tertiary/aromatic N) is 1. The Bertz CT molecular complexity index is 782. The molecule has 0 aromatic heterocycles. The Balaban J connectivity index is 0.00000364. The fourth-order valence-corrected chi connectivity index (χ4v) is 2.94. The first-order valence-corrected chi connectivity index (χ1v) is 8.95. The van der Waals surface area contributed by atoms with Crippen LogP contribution in [0.25, 0.3) is 0 Å². The summed E-state index contributed by atoms with van der Waals surface area (Å²) in [5.74, 6) is 0.630. The summed E-state index contributed by atoms with van der Waals surface area (Å²) in [6, 6.07) is 15.4. The maximum atomic E-state index is 11.7. The monoisotopic (exact) mass is 500 g/mol. The van der Waals surface area contributed by atoms with Crippen molar-refractivity contribution in [3.05, 3.63) is 70.2 Å². The van der Waals surface area contributed by atoms with Crippen LogP contribution >= 0.6 is 35.6 Å². The molecule has 1 amide bonds. The zero-order chi connectivity index (χ0) is 18.9. The van der Waals surface area contributed by atoms with Crippen molar-refractivity contribution in [1.29, 1.82) is 0 Å². The van der Waals surface area contributed by atoms with Gasteiger partial charge in [0.05, 0.1) is 6.04 Å². The van der Waals surface area contributed by atoms with E-state index in [2.05, 4.69) is 20.9 Å². The Hall–Kier alpha value is -1.80. The third-order valence-electron chi connectivity index (χ3n) is 4.07. The van der Waals surface area contributed by atoms with Gasteiger partial charge in [0, 0.05) is 31.2 Å². The minimum atomic E-state index is -0.0779. The number of carbonyl (C=O) groups excluding carboxylic acids is 1. The molecule has 1 unspecified atom stereocenters. The second-order valence-corrected chi connectivity index (χ2v) is 6.32. The van der Waals surface area contributed by atoms with E-state index in [1.807, 2.05) is 55.5 Å². The van der Waals surface area contributed by atoms with Crippen LogP contribution in [0.4, 0.5) is 0 Å². The number of guanidine groups is 1. The van der Waals surface area contributed by atoms with Gasteiger partial charge in [-0.05, 0) is 42.7 Å². The zero-order valence-corrected chi connectivity index (χ0v) is 18.8. The van der Waals surface area contributed by atoms with Crippen molar-refractivity contribution < 1.29 is 4.79 Å². The molecule has 3 N–H and O–H groups in total. The first-order valence-electron chi connectivity index (χ1n) is 8.57. The maximum absolute atomic E-state index is 11.7. The lowest BCUT2D eigenvalue weighted by atomic mass is 10.1. The Labute approximate surface area is 183 Å². The molecule has 146 valence electrons. The molecular formula is C20H26ClIN4O. The lowest BCUT2D eigenvalue weighted by Gasteiger charge is -2.19. The van der Waals surface area contributed by atoms with Gasteiger partial charge in [-0.25, -0.2) is 0 Å². The predicted octanol–water partition coefficient (Wildman–Crippen LogP) is 3.79. The van der Waals surface area contributed by atoms with Crippen LogP contribution in [-0.4, -0.2) is 32.5 Å². The van der Waals surface area contributed by atoms with Crippen LogP contribution in [0.2, 0.25) is 5.02 Å². The third-order valence-corrected chi connectivity index (χ3v) is 4.42. The summed E-state index contributed by atoms with van der Waals surface area (Å²) < 4.78 is 0. The average molecular weight is 501 g/mol. The molecular weight excluding hydrogens is 475 g/mol. The van der Waals surface area contributed by atoms with Gasteiger partial charge in [-0.1, -0.05) is 41.9 Å². The number of hydrogen-bond acceptors (Lipinski definition) is 2. The van der Waals surface area contributed by atoms with Crippen LogP contribution in [0.5, 0.6) is 0 Å². The highest BCUT2D eigenvalue weighted by atomic mass is 127. The van der Waals surface area contributed by atoms with Gasteiger partial charge in [-0.2, -0.15) is 0 Å². The van der Waals surface area contributed by atoms with Gasteiger partial charge in [0.2, 0.25) is 0 Å². The number of aliphatic imine (C=N–C) groups is 1. The molecule has 0 aliphatic carbocycles. The SMILES string of the molecule is CN=C(NCCc1cccc(C(=O)NC)c1)NC(C)c1ccccc1Cl.I. The molecule has 0 spiro atoms. The Morgan fingerprint density at radius 2 is 1.93 bits per heavy atom. The number of benzene rings is 2. The molecule has 0 aliphatic rings. The van der Waals surface area contributed by atoms with Crippen molar-refractivity contribution in [3.8, 4) is 0 Å². The van der Waals surface area contributed by atoms with E-state index in [4.69, 9.17) is 11.6 Å².